The average molecular weight is 1140 g/mol. The highest BCUT2D eigenvalue weighted by molar-refractivity contribution is 5.76. The summed E-state index contributed by atoms with van der Waals surface area (Å²) in [5, 5.41) is 23.5. The lowest BCUT2D eigenvalue weighted by molar-refractivity contribution is -0.143. The summed E-state index contributed by atoms with van der Waals surface area (Å²) in [6.45, 7) is 4.97. The van der Waals surface area contributed by atoms with Crippen molar-refractivity contribution in [3.8, 4) is 0 Å². The molecule has 0 aliphatic rings. The second kappa shape index (κ2) is 70.8. The largest absolute Gasteiger partial charge is 0.466 e. The molecule has 2 unspecified atom stereocenters. The number of hydrogen-bond acceptors (Lipinski definition) is 5. The molecule has 2 atom stereocenters. The van der Waals surface area contributed by atoms with Crippen molar-refractivity contribution in [2.75, 3.05) is 13.2 Å². The molecule has 6 heteroatoms. The summed E-state index contributed by atoms with van der Waals surface area (Å²) < 4.78 is 5.49. The summed E-state index contributed by atoms with van der Waals surface area (Å²) >= 11 is 0. The Balaban J connectivity index is 3.36. The van der Waals surface area contributed by atoms with Gasteiger partial charge >= 0.3 is 5.97 Å². The molecule has 0 aromatic heterocycles. The molecule has 0 aliphatic heterocycles. The molecule has 1 amide bonds. The summed E-state index contributed by atoms with van der Waals surface area (Å²) in [6.07, 6.45) is 89.5. The van der Waals surface area contributed by atoms with Crippen LogP contribution in [0.15, 0.2) is 24.3 Å². The number of carbonyl (C=O) groups excluding carboxylic acids is 2. The third-order valence-electron chi connectivity index (χ3n) is 17.5. The van der Waals surface area contributed by atoms with E-state index in [4.69, 9.17) is 4.74 Å². The first-order valence-electron chi connectivity index (χ1n) is 37.1. The Hall–Kier alpha value is -1.66. The lowest BCUT2D eigenvalue weighted by Gasteiger charge is -2.22. The summed E-state index contributed by atoms with van der Waals surface area (Å²) in [7, 11) is 0. The molecule has 0 aliphatic carbocycles. The van der Waals surface area contributed by atoms with E-state index in [-0.39, 0.29) is 18.5 Å². The van der Waals surface area contributed by atoms with E-state index in [1.54, 1.807) is 0 Å². The van der Waals surface area contributed by atoms with Crippen molar-refractivity contribution < 1.29 is 24.5 Å². The van der Waals surface area contributed by atoms with Crippen LogP contribution in [0.5, 0.6) is 0 Å². The van der Waals surface area contributed by atoms with Gasteiger partial charge in [-0.2, -0.15) is 0 Å². The highest BCUT2D eigenvalue weighted by Gasteiger charge is 2.20. The van der Waals surface area contributed by atoms with Crippen molar-refractivity contribution in [1.29, 1.82) is 0 Å². The second-order valence-electron chi connectivity index (χ2n) is 25.6. The van der Waals surface area contributed by atoms with Crippen molar-refractivity contribution >= 4 is 11.9 Å². The van der Waals surface area contributed by atoms with E-state index in [1.165, 1.54) is 334 Å². The Labute approximate surface area is 507 Å². The van der Waals surface area contributed by atoms with Crippen LogP contribution in [0.3, 0.4) is 0 Å². The first-order valence-corrected chi connectivity index (χ1v) is 37.1. The lowest BCUT2D eigenvalue weighted by Crippen LogP contribution is -2.45. The van der Waals surface area contributed by atoms with Crippen molar-refractivity contribution in [3.63, 3.8) is 0 Å². The molecule has 0 rings (SSSR count). The first kappa shape index (κ1) is 79.3. The van der Waals surface area contributed by atoms with Crippen LogP contribution in [-0.2, 0) is 14.3 Å². The Kier molecular flexibility index (Phi) is 69.4. The fourth-order valence-corrected chi connectivity index (χ4v) is 11.9. The SMILES string of the molecule is CCCCC/C=C\C/C=C\CCCCCCCC(=O)OCCCCCCCCCCCCCCCCCCCCCCCCCCCCC(=O)NC(CO)C(O)CCCCCCCCCCCCCCCCCCCCCCCCC. The molecular formula is C75H145NO5. The molecule has 81 heavy (non-hydrogen) atoms. The third-order valence-corrected chi connectivity index (χ3v) is 17.5. The number of nitrogens with one attached hydrogen (secondary N) is 1. The third kappa shape index (κ3) is 67.3. The number of aliphatic hydroxyl groups is 2. The van der Waals surface area contributed by atoms with Crippen molar-refractivity contribution in [2.24, 2.45) is 0 Å². The highest BCUT2D eigenvalue weighted by atomic mass is 16.5. The molecule has 0 aromatic carbocycles. The van der Waals surface area contributed by atoms with Gasteiger partial charge in [-0.15, -0.1) is 0 Å². The molecule has 0 saturated heterocycles. The average Bonchev–Trinajstić information content (AvgIpc) is 3.47. The molecule has 0 saturated carbocycles. The Morgan fingerprint density at radius 1 is 0.346 bits per heavy atom. The molecule has 480 valence electrons. The van der Waals surface area contributed by atoms with Crippen molar-refractivity contribution in [1.82, 2.24) is 5.32 Å². The lowest BCUT2D eigenvalue weighted by atomic mass is 10.0. The minimum absolute atomic E-state index is 0.00422. The van der Waals surface area contributed by atoms with E-state index in [0.29, 0.717) is 25.9 Å². The van der Waals surface area contributed by atoms with Crippen molar-refractivity contribution in [2.45, 2.75) is 431 Å². The van der Waals surface area contributed by atoms with Gasteiger partial charge < -0.3 is 20.3 Å². The fourth-order valence-electron chi connectivity index (χ4n) is 11.9. The highest BCUT2D eigenvalue weighted by Crippen LogP contribution is 2.20. The molecule has 0 radical (unpaired) electrons. The number of allylic oxidation sites excluding steroid dienone is 4. The zero-order chi connectivity index (χ0) is 58.5. The number of ether oxygens (including phenoxy) is 1. The quantitative estimate of drug-likeness (QED) is 0.0320. The molecule has 0 heterocycles. The number of amides is 1. The number of unbranched alkanes of at least 4 members (excludes halogenated alkanes) is 55. The van der Waals surface area contributed by atoms with Crippen LogP contribution in [0.25, 0.3) is 0 Å². The van der Waals surface area contributed by atoms with E-state index in [0.717, 1.165) is 51.4 Å². The summed E-state index contributed by atoms with van der Waals surface area (Å²) in [4.78, 5) is 24.6. The summed E-state index contributed by atoms with van der Waals surface area (Å²) in [6, 6.07) is -0.541. The minimum Gasteiger partial charge on any atom is -0.466 e. The summed E-state index contributed by atoms with van der Waals surface area (Å²) in [5.74, 6) is -0.0235. The molecule has 0 aromatic rings. The van der Waals surface area contributed by atoms with Gasteiger partial charge in [-0.3, -0.25) is 9.59 Å². The number of carbonyl (C=O) groups is 2. The van der Waals surface area contributed by atoms with Gasteiger partial charge in [-0.1, -0.05) is 372 Å². The maximum Gasteiger partial charge on any atom is 0.305 e. The number of hydrogen-bond donors (Lipinski definition) is 3. The maximum absolute atomic E-state index is 12.6. The smallest absolute Gasteiger partial charge is 0.305 e. The zero-order valence-corrected chi connectivity index (χ0v) is 55.0. The molecule has 0 bridgehead atoms. The monoisotopic (exact) mass is 1140 g/mol. The Bertz CT molecular complexity index is 1270. The van der Waals surface area contributed by atoms with E-state index in [2.05, 4.69) is 43.5 Å². The topological polar surface area (TPSA) is 95.9 Å². The first-order chi connectivity index (χ1) is 40.0. The van der Waals surface area contributed by atoms with Gasteiger partial charge in [-0.25, -0.2) is 0 Å². The van der Waals surface area contributed by atoms with E-state index < -0.39 is 12.1 Å². The number of rotatable bonds is 70. The summed E-state index contributed by atoms with van der Waals surface area (Å²) in [5.41, 5.74) is 0. The van der Waals surface area contributed by atoms with Gasteiger partial charge in [0.05, 0.1) is 25.4 Å². The Morgan fingerprint density at radius 2 is 0.617 bits per heavy atom. The van der Waals surface area contributed by atoms with Gasteiger partial charge in [0, 0.05) is 12.8 Å². The predicted octanol–water partition coefficient (Wildman–Crippen LogP) is 24.1. The fraction of sp³-hybridized carbons (Fsp3) is 0.920. The maximum atomic E-state index is 12.6. The van der Waals surface area contributed by atoms with Gasteiger partial charge in [0.2, 0.25) is 5.91 Å². The molecule has 3 N–H and O–H groups in total. The van der Waals surface area contributed by atoms with Gasteiger partial charge in [0.25, 0.3) is 0 Å². The van der Waals surface area contributed by atoms with Crippen LogP contribution in [0.2, 0.25) is 0 Å². The standard InChI is InChI=1S/C75H145NO5/c1-3-5-7-9-11-13-15-17-19-20-21-22-27-30-33-36-40-43-47-51-55-59-63-67-73(78)72(71-77)76-74(79)68-64-60-56-52-48-44-41-37-34-31-28-25-23-24-26-29-32-35-38-42-46-50-54-58-62-66-70-81-75(80)69-65-61-57-53-49-45-39-18-16-14-12-10-8-6-4-2/h12,14,18,39,72-73,77-78H,3-11,13,15-17,19-38,40-71H2,1-2H3,(H,76,79)/b14-12-,39-18-. The molecule has 0 fully saturated rings. The van der Waals surface area contributed by atoms with Crippen LogP contribution < -0.4 is 5.32 Å². The number of esters is 1. The molecule has 6 nitrogen and oxygen atoms in total. The van der Waals surface area contributed by atoms with Gasteiger partial charge in [0.1, 0.15) is 0 Å². The molecule has 0 spiro atoms. The van der Waals surface area contributed by atoms with Crippen LogP contribution >= 0.6 is 0 Å². The van der Waals surface area contributed by atoms with Gasteiger partial charge in [0.15, 0.2) is 0 Å². The van der Waals surface area contributed by atoms with E-state index in [9.17, 15) is 19.8 Å². The molecular weight excluding hydrogens is 995 g/mol. The van der Waals surface area contributed by atoms with Crippen LogP contribution in [0.1, 0.15) is 418 Å². The van der Waals surface area contributed by atoms with E-state index >= 15 is 0 Å². The number of aliphatic hydroxyl groups excluding tert-OH is 2. The van der Waals surface area contributed by atoms with Crippen LogP contribution in [-0.4, -0.2) is 47.4 Å². The second-order valence-corrected chi connectivity index (χ2v) is 25.6. The normalized spacial score (nSPS) is 12.6. The predicted molar refractivity (Wildman–Crippen MR) is 356 cm³/mol. The zero-order valence-electron chi connectivity index (χ0n) is 55.0. The minimum atomic E-state index is -0.664. The van der Waals surface area contributed by atoms with Gasteiger partial charge in [-0.05, 0) is 57.8 Å². The van der Waals surface area contributed by atoms with Crippen LogP contribution in [0, 0.1) is 0 Å². The van der Waals surface area contributed by atoms with E-state index in [1.807, 2.05) is 0 Å². The Morgan fingerprint density at radius 3 is 0.963 bits per heavy atom. The van der Waals surface area contributed by atoms with Crippen LogP contribution in [0.4, 0.5) is 0 Å². The van der Waals surface area contributed by atoms with Crippen molar-refractivity contribution in [3.05, 3.63) is 24.3 Å².